The van der Waals surface area contributed by atoms with E-state index in [1.807, 2.05) is 42.5 Å². The largest absolute Gasteiger partial charge is 0.497 e. The number of likely N-dealkylation sites (N-methyl/N-ethyl adjacent to an activating group) is 1. The Morgan fingerprint density at radius 2 is 1.81 bits per heavy atom. The summed E-state index contributed by atoms with van der Waals surface area (Å²) in [5.41, 5.74) is 2.55. The number of halogens is 1. The maximum atomic E-state index is 12.4. The van der Waals surface area contributed by atoms with E-state index in [2.05, 4.69) is 22.2 Å². The molecule has 1 saturated heterocycles. The van der Waals surface area contributed by atoms with Crippen molar-refractivity contribution in [2.24, 2.45) is 0 Å². The SMILES string of the molecule is COc1ccc(/C=C/C(=O)Nc2cccc(Cl)c2N2CCN(C)CC2)cc1. The van der Waals surface area contributed by atoms with E-state index in [9.17, 15) is 4.79 Å². The van der Waals surface area contributed by atoms with Crippen LogP contribution in [0.1, 0.15) is 5.56 Å². The van der Waals surface area contributed by atoms with E-state index < -0.39 is 0 Å². The van der Waals surface area contributed by atoms with Crippen molar-refractivity contribution in [3.63, 3.8) is 0 Å². The molecule has 2 aromatic carbocycles. The third-order valence-corrected chi connectivity index (χ3v) is 4.91. The van der Waals surface area contributed by atoms with E-state index in [0.717, 1.165) is 48.9 Å². The molecule has 27 heavy (non-hydrogen) atoms. The molecule has 0 aliphatic carbocycles. The Kier molecular flexibility index (Phi) is 6.37. The molecule has 1 fully saturated rings. The minimum Gasteiger partial charge on any atom is -0.497 e. The van der Waals surface area contributed by atoms with Crippen LogP contribution in [-0.2, 0) is 4.79 Å². The van der Waals surface area contributed by atoms with Crippen LogP contribution in [0.5, 0.6) is 5.75 Å². The summed E-state index contributed by atoms with van der Waals surface area (Å²) >= 11 is 6.45. The number of amides is 1. The minimum absolute atomic E-state index is 0.191. The number of methoxy groups -OCH3 is 1. The highest BCUT2D eigenvalue weighted by molar-refractivity contribution is 6.34. The molecule has 0 bridgehead atoms. The fourth-order valence-electron chi connectivity index (χ4n) is 3.03. The molecule has 1 aliphatic rings. The molecule has 0 spiro atoms. The molecule has 1 amide bonds. The summed E-state index contributed by atoms with van der Waals surface area (Å²) in [5.74, 6) is 0.593. The summed E-state index contributed by atoms with van der Waals surface area (Å²) in [7, 11) is 3.73. The van der Waals surface area contributed by atoms with Crippen LogP contribution in [0, 0.1) is 0 Å². The zero-order valence-electron chi connectivity index (χ0n) is 15.6. The van der Waals surface area contributed by atoms with Crippen LogP contribution in [0.3, 0.4) is 0 Å². The third-order valence-electron chi connectivity index (χ3n) is 4.61. The van der Waals surface area contributed by atoms with Crippen LogP contribution < -0.4 is 15.0 Å². The smallest absolute Gasteiger partial charge is 0.248 e. The van der Waals surface area contributed by atoms with Gasteiger partial charge in [0.1, 0.15) is 5.75 Å². The van der Waals surface area contributed by atoms with Gasteiger partial charge in [0.25, 0.3) is 0 Å². The molecule has 2 aromatic rings. The number of carbonyl (C=O) groups excluding carboxylic acids is 1. The van der Waals surface area contributed by atoms with Crippen LogP contribution in [0.25, 0.3) is 6.08 Å². The van der Waals surface area contributed by atoms with Crippen LogP contribution in [0.15, 0.2) is 48.5 Å². The first kappa shape index (κ1) is 19.3. The predicted molar refractivity (Wildman–Crippen MR) is 112 cm³/mol. The summed E-state index contributed by atoms with van der Waals surface area (Å²) in [6, 6.07) is 13.1. The van der Waals surface area contributed by atoms with Gasteiger partial charge in [0.2, 0.25) is 5.91 Å². The van der Waals surface area contributed by atoms with Crippen LogP contribution in [0.4, 0.5) is 11.4 Å². The van der Waals surface area contributed by atoms with Gasteiger partial charge in [-0.15, -0.1) is 0 Å². The second-order valence-electron chi connectivity index (χ2n) is 6.52. The number of nitrogens with zero attached hydrogens (tertiary/aromatic N) is 2. The fraction of sp³-hybridized carbons (Fsp3) is 0.286. The molecule has 1 aliphatic heterocycles. The van der Waals surface area contributed by atoms with Gasteiger partial charge in [0.05, 0.1) is 23.5 Å². The number of ether oxygens (including phenoxy) is 1. The molecule has 1 N–H and O–H groups in total. The Hall–Kier alpha value is -2.50. The molecule has 0 aromatic heterocycles. The standard InChI is InChI=1S/C21H24ClN3O2/c1-24-12-14-25(15-13-24)21-18(22)4-3-5-19(21)23-20(26)11-8-16-6-9-17(27-2)10-7-16/h3-11H,12-15H2,1-2H3,(H,23,26)/b11-8+. The molecule has 6 heteroatoms. The molecule has 0 saturated carbocycles. The summed E-state index contributed by atoms with van der Waals surface area (Å²) in [5, 5.41) is 3.61. The van der Waals surface area contributed by atoms with Gasteiger partial charge in [-0.3, -0.25) is 4.79 Å². The van der Waals surface area contributed by atoms with Crippen LogP contribution >= 0.6 is 11.6 Å². The normalized spacial score (nSPS) is 15.1. The van der Waals surface area contributed by atoms with Crippen molar-refractivity contribution in [1.82, 2.24) is 4.90 Å². The van der Waals surface area contributed by atoms with Gasteiger partial charge in [-0.25, -0.2) is 0 Å². The number of carbonyl (C=O) groups is 1. The first-order valence-corrected chi connectivity index (χ1v) is 9.30. The minimum atomic E-state index is -0.191. The number of piperazine rings is 1. The molecule has 5 nitrogen and oxygen atoms in total. The van der Waals surface area contributed by atoms with Gasteiger partial charge in [-0.2, -0.15) is 0 Å². The van der Waals surface area contributed by atoms with Gasteiger partial charge in [0, 0.05) is 32.3 Å². The van der Waals surface area contributed by atoms with Crippen molar-refractivity contribution in [3.8, 4) is 5.75 Å². The topological polar surface area (TPSA) is 44.8 Å². The number of para-hydroxylation sites is 1. The van der Waals surface area contributed by atoms with Crippen molar-refractivity contribution in [1.29, 1.82) is 0 Å². The number of hydrogen-bond donors (Lipinski definition) is 1. The Morgan fingerprint density at radius 1 is 1.11 bits per heavy atom. The molecule has 0 atom stereocenters. The zero-order chi connectivity index (χ0) is 19.2. The zero-order valence-corrected chi connectivity index (χ0v) is 16.4. The Bertz CT molecular complexity index is 813. The summed E-state index contributed by atoms with van der Waals surface area (Å²) in [6.07, 6.45) is 3.30. The average Bonchev–Trinajstić information content (AvgIpc) is 2.68. The monoisotopic (exact) mass is 385 g/mol. The summed E-state index contributed by atoms with van der Waals surface area (Å²) in [4.78, 5) is 16.9. The first-order valence-electron chi connectivity index (χ1n) is 8.92. The Balaban J connectivity index is 1.71. The molecular formula is C21H24ClN3O2. The van der Waals surface area contributed by atoms with Crippen molar-refractivity contribution in [2.45, 2.75) is 0 Å². The lowest BCUT2D eigenvalue weighted by Gasteiger charge is -2.35. The quantitative estimate of drug-likeness (QED) is 0.796. The fourth-order valence-corrected chi connectivity index (χ4v) is 3.32. The summed E-state index contributed by atoms with van der Waals surface area (Å²) < 4.78 is 5.14. The third kappa shape index (κ3) is 5.02. The molecule has 142 valence electrons. The maximum Gasteiger partial charge on any atom is 0.248 e. The van der Waals surface area contributed by atoms with Gasteiger partial charge in [-0.05, 0) is 43.0 Å². The lowest BCUT2D eigenvalue weighted by molar-refractivity contribution is -0.111. The van der Waals surface area contributed by atoms with Gasteiger partial charge >= 0.3 is 0 Å². The van der Waals surface area contributed by atoms with Crippen LogP contribution in [0.2, 0.25) is 5.02 Å². The van der Waals surface area contributed by atoms with E-state index in [1.165, 1.54) is 6.08 Å². The Labute approximate surface area is 165 Å². The molecule has 3 rings (SSSR count). The lowest BCUT2D eigenvalue weighted by atomic mass is 10.2. The van der Waals surface area contributed by atoms with Crippen molar-refractivity contribution in [2.75, 3.05) is 50.6 Å². The second kappa shape index (κ2) is 8.93. The van der Waals surface area contributed by atoms with E-state index >= 15 is 0 Å². The van der Waals surface area contributed by atoms with Crippen LogP contribution in [-0.4, -0.2) is 51.1 Å². The number of rotatable bonds is 5. The van der Waals surface area contributed by atoms with Gasteiger partial charge < -0.3 is 19.9 Å². The maximum absolute atomic E-state index is 12.4. The van der Waals surface area contributed by atoms with E-state index in [-0.39, 0.29) is 5.91 Å². The number of benzene rings is 2. The molecule has 1 heterocycles. The highest BCUT2D eigenvalue weighted by atomic mass is 35.5. The van der Waals surface area contributed by atoms with Crippen molar-refractivity contribution < 1.29 is 9.53 Å². The van der Waals surface area contributed by atoms with Gasteiger partial charge in [-0.1, -0.05) is 29.8 Å². The first-order chi connectivity index (χ1) is 13.1. The number of anilines is 2. The highest BCUT2D eigenvalue weighted by Crippen LogP contribution is 2.34. The molecule has 0 radical (unpaired) electrons. The van der Waals surface area contributed by atoms with Crippen molar-refractivity contribution >= 4 is 35.0 Å². The van der Waals surface area contributed by atoms with E-state index in [1.54, 1.807) is 13.2 Å². The lowest BCUT2D eigenvalue weighted by Crippen LogP contribution is -2.44. The second-order valence-corrected chi connectivity index (χ2v) is 6.93. The highest BCUT2D eigenvalue weighted by Gasteiger charge is 2.20. The predicted octanol–water partition coefficient (Wildman–Crippen LogP) is 3.75. The summed E-state index contributed by atoms with van der Waals surface area (Å²) in [6.45, 7) is 3.70. The number of hydrogen-bond acceptors (Lipinski definition) is 4. The molecule has 0 unspecified atom stereocenters. The molecular weight excluding hydrogens is 362 g/mol. The Morgan fingerprint density at radius 3 is 2.48 bits per heavy atom. The van der Waals surface area contributed by atoms with E-state index in [4.69, 9.17) is 16.3 Å². The number of nitrogens with one attached hydrogen (secondary N) is 1. The average molecular weight is 386 g/mol. The van der Waals surface area contributed by atoms with E-state index in [0.29, 0.717) is 5.02 Å². The van der Waals surface area contributed by atoms with Gasteiger partial charge in [0.15, 0.2) is 0 Å². The van der Waals surface area contributed by atoms with Crippen molar-refractivity contribution in [3.05, 3.63) is 59.1 Å².